The molecule has 18 heavy (non-hydrogen) atoms. The summed E-state index contributed by atoms with van der Waals surface area (Å²) in [6.45, 7) is 7.22. The molecule has 0 unspecified atom stereocenters. The van der Waals surface area contributed by atoms with E-state index in [1.165, 1.54) is 24.8 Å². The molecule has 0 spiro atoms. The Morgan fingerprint density at radius 2 is 2.11 bits per heavy atom. The topological polar surface area (TPSA) is 49.8 Å². The smallest absolute Gasteiger partial charge is 0.0673 e. The average molecular weight is 248 g/mol. The van der Waals surface area contributed by atoms with Crippen LogP contribution in [0.2, 0.25) is 0 Å². The van der Waals surface area contributed by atoms with Gasteiger partial charge in [0.05, 0.1) is 11.4 Å². The molecule has 0 bridgehead atoms. The lowest BCUT2D eigenvalue weighted by atomic mass is 10.1. The molecule has 1 aliphatic rings. The highest BCUT2D eigenvalue weighted by Crippen LogP contribution is 2.18. The first-order valence-corrected chi connectivity index (χ1v) is 7.05. The summed E-state index contributed by atoms with van der Waals surface area (Å²) < 4.78 is 0. The van der Waals surface area contributed by atoms with Gasteiger partial charge in [-0.25, -0.2) is 0 Å². The molecule has 0 aromatic carbocycles. The molecule has 1 aromatic heterocycles. The Morgan fingerprint density at radius 3 is 2.83 bits per heavy atom. The van der Waals surface area contributed by atoms with E-state index >= 15 is 0 Å². The third kappa shape index (κ3) is 4.35. The molecule has 1 aliphatic carbocycles. The van der Waals surface area contributed by atoms with Gasteiger partial charge < -0.3 is 10.6 Å². The second-order valence-corrected chi connectivity index (χ2v) is 5.07. The number of hydrogen-bond donors (Lipinski definition) is 2. The van der Waals surface area contributed by atoms with E-state index in [-0.39, 0.29) is 0 Å². The highest BCUT2D eigenvalue weighted by Gasteiger charge is 2.19. The maximum absolute atomic E-state index is 4.24. The van der Waals surface area contributed by atoms with Gasteiger partial charge in [0.2, 0.25) is 0 Å². The van der Waals surface area contributed by atoms with Crippen molar-refractivity contribution in [3.63, 3.8) is 0 Å². The van der Waals surface area contributed by atoms with Crippen LogP contribution in [0.25, 0.3) is 0 Å². The minimum absolute atomic E-state index is 0.823. The van der Waals surface area contributed by atoms with Crippen molar-refractivity contribution >= 4 is 0 Å². The van der Waals surface area contributed by atoms with Gasteiger partial charge in [0.15, 0.2) is 0 Å². The van der Waals surface area contributed by atoms with E-state index < -0.39 is 0 Å². The predicted octanol–water partition coefficient (Wildman–Crippen LogP) is 1.58. The van der Waals surface area contributed by atoms with Gasteiger partial charge in [-0.15, -0.1) is 0 Å². The van der Waals surface area contributed by atoms with Gasteiger partial charge in [0.1, 0.15) is 0 Å². The highest BCUT2D eigenvalue weighted by atomic mass is 15.1. The first-order valence-electron chi connectivity index (χ1n) is 7.05. The van der Waals surface area contributed by atoms with Crippen LogP contribution in [0, 0.1) is 6.92 Å². The number of aromatic nitrogens is 2. The summed E-state index contributed by atoms with van der Waals surface area (Å²) in [6.07, 6.45) is 4.88. The normalized spacial score (nSPS) is 15.0. The Morgan fingerprint density at radius 1 is 1.28 bits per heavy atom. The van der Waals surface area contributed by atoms with Gasteiger partial charge in [-0.3, -0.25) is 0 Å². The Hall–Kier alpha value is -1.00. The van der Waals surface area contributed by atoms with Crippen molar-refractivity contribution in [1.29, 1.82) is 0 Å². The van der Waals surface area contributed by atoms with Crippen LogP contribution >= 0.6 is 0 Å². The fraction of sp³-hybridized carbons (Fsp3) is 0.714. The van der Waals surface area contributed by atoms with Gasteiger partial charge in [0, 0.05) is 12.6 Å². The number of aryl methyl sites for hydroxylation is 2. The molecule has 0 radical (unpaired) electrons. The van der Waals surface area contributed by atoms with Gasteiger partial charge in [-0.2, -0.15) is 10.2 Å². The molecule has 1 fully saturated rings. The van der Waals surface area contributed by atoms with E-state index in [0.29, 0.717) is 0 Å². The lowest BCUT2D eigenvalue weighted by molar-refractivity contribution is 0.590. The van der Waals surface area contributed by atoms with Crippen LogP contribution in [0.4, 0.5) is 0 Å². The molecule has 2 rings (SSSR count). The minimum atomic E-state index is 0.823. The van der Waals surface area contributed by atoms with Gasteiger partial charge in [-0.05, 0) is 57.3 Å². The van der Waals surface area contributed by atoms with Crippen molar-refractivity contribution in [1.82, 2.24) is 20.8 Å². The summed E-state index contributed by atoms with van der Waals surface area (Å²) in [5.41, 5.74) is 3.41. The van der Waals surface area contributed by atoms with Crippen LogP contribution in [0.3, 0.4) is 0 Å². The fourth-order valence-electron chi connectivity index (χ4n) is 2.05. The van der Waals surface area contributed by atoms with E-state index in [2.05, 4.69) is 33.8 Å². The van der Waals surface area contributed by atoms with Crippen LogP contribution in [-0.4, -0.2) is 29.3 Å². The van der Waals surface area contributed by atoms with Gasteiger partial charge in [-0.1, -0.05) is 6.92 Å². The van der Waals surface area contributed by atoms with Crippen LogP contribution in [0.1, 0.15) is 43.1 Å². The van der Waals surface area contributed by atoms with E-state index in [9.17, 15) is 0 Å². The molecular weight excluding hydrogens is 224 g/mol. The molecule has 0 amide bonds. The summed E-state index contributed by atoms with van der Waals surface area (Å²) in [7, 11) is 0. The third-order valence-corrected chi connectivity index (χ3v) is 3.27. The Kier molecular flexibility index (Phi) is 5.08. The Bertz CT molecular complexity index is 374. The van der Waals surface area contributed by atoms with E-state index in [1.807, 2.05) is 6.92 Å². The van der Waals surface area contributed by atoms with Crippen molar-refractivity contribution < 1.29 is 0 Å². The van der Waals surface area contributed by atoms with Crippen molar-refractivity contribution in [3.05, 3.63) is 23.0 Å². The number of nitrogens with one attached hydrogen (secondary N) is 2. The summed E-state index contributed by atoms with van der Waals surface area (Å²) in [4.78, 5) is 0. The van der Waals surface area contributed by atoms with Crippen LogP contribution in [0.15, 0.2) is 6.07 Å². The summed E-state index contributed by atoms with van der Waals surface area (Å²) in [6, 6.07) is 2.96. The molecule has 1 saturated carbocycles. The molecule has 4 nitrogen and oxygen atoms in total. The SMILES string of the molecule is CCc1nnc(C)cc1CNCCCNC1CC1. The first kappa shape index (κ1) is 13.4. The van der Waals surface area contributed by atoms with Crippen molar-refractivity contribution in [2.24, 2.45) is 0 Å². The zero-order valence-electron chi connectivity index (χ0n) is 11.5. The zero-order chi connectivity index (χ0) is 12.8. The number of nitrogens with zero attached hydrogens (tertiary/aromatic N) is 2. The standard InChI is InChI=1S/C14H24N4/c1-3-14-12(9-11(2)17-18-14)10-15-7-4-8-16-13-5-6-13/h9,13,15-16H,3-8,10H2,1-2H3. The predicted molar refractivity (Wildman–Crippen MR) is 73.5 cm³/mol. The molecule has 2 N–H and O–H groups in total. The maximum atomic E-state index is 4.24. The second kappa shape index (κ2) is 6.81. The molecule has 100 valence electrons. The monoisotopic (exact) mass is 248 g/mol. The highest BCUT2D eigenvalue weighted by molar-refractivity contribution is 5.20. The zero-order valence-corrected chi connectivity index (χ0v) is 11.5. The van der Waals surface area contributed by atoms with Crippen molar-refractivity contribution in [2.45, 2.75) is 52.1 Å². The molecular formula is C14H24N4. The molecule has 4 heteroatoms. The minimum Gasteiger partial charge on any atom is -0.314 e. The van der Waals surface area contributed by atoms with Gasteiger partial charge >= 0.3 is 0 Å². The maximum Gasteiger partial charge on any atom is 0.0673 e. The molecule has 1 aromatic rings. The van der Waals surface area contributed by atoms with Crippen LogP contribution < -0.4 is 10.6 Å². The third-order valence-electron chi connectivity index (χ3n) is 3.27. The van der Waals surface area contributed by atoms with E-state index in [0.717, 1.165) is 43.5 Å². The Balaban J connectivity index is 1.66. The van der Waals surface area contributed by atoms with Crippen molar-refractivity contribution in [2.75, 3.05) is 13.1 Å². The quantitative estimate of drug-likeness (QED) is 0.686. The second-order valence-electron chi connectivity index (χ2n) is 5.07. The Labute approximate surface area is 110 Å². The average Bonchev–Trinajstić information content (AvgIpc) is 3.18. The molecule has 0 atom stereocenters. The first-order chi connectivity index (χ1) is 8.79. The van der Waals surface area contributed by atoms with Gasteiger partial charge in [0.25, 0.3) is 0 Å². The lowest BCUT2D eigenvalue weighted by Crippen LogP contribution is -2.23. The molecule has 0 saturated heterocycles. The molecule has 0 aliphatic heterocycles. The summed E-state index contributed by atoms with van der Waals surface area (Å²) >= 11 is 0. The number of hydrogen-bond acceptors (Lipinski definition) is 4. The summed E-state index contributed by atoms with van der Waals surface area (Å²) in [5, 5.41) is 15.4. The largest absolute Gasteiger partial charge is 0.314 e. The fourth-order valence-corrected chi connectivity index (χ4v) is 2.05. The van der Waals surface area contributed by atoms with Crippen molar-refractivity contribution in [3.8, 4) is 0 Å². The van der Waals surface area contributed by atoms with E-state index in [1.54, 1.807) is 0 Å². The van der Waals surface area contributed by atoms with E-state index in [4.69, 9.17) is 0 Å². The number of rotatable bonds is 8. The lowest BCUT2D eigenvalue weighted by Gasteiger charge is -2.09. The van der Waals surface area contributed by atoms with Crippen LogP contribution in [0.5, 0.6) is 0 Å². The molecule has 1 heterocycles. The van der Waals surface area contributed by atoms with Crippen LogP contribution in [-0.2, 0) is 13.0 Å². The summed E-state index contributed by atoms with van der Waals surface area (Å²) in [5.74, 6) is 0.